The second kappa shape index (κ2) is 8.39. The number of aromatic nitrogens is 1. The lowest BCUT2D eigenvalue weighted by Gasteiger charge is -2.60. The van der Waals surface area contributed by atoms with Gasteiger partial charge in [-0.1, -0.05) is 19.9 Å². The van der Waals surface area contributed by atoms with E-state index in [-0.39, 0.29) is 34.9 Å². The molecular formula is C28H39N3O3. The van der Waals surface area contributed by atoms with Gasteiger partial charge in [0.05, 0.1) is 6.54 Å². The van der Waals surface area contributed by atoms with Crippen LogP contribution in [0.15, 0.2) is 24.3 Å². The van der Waals surface area contributed by atoms with Crippen LogP contribution in [0.1, 0.15) is 70.2 Å². The van der Waals surface area contributed by atoms with E-state index in [4.69, 9.17) is 0 Å². The summed E-state index contributed by atoms with van der Waals surface area (Å²) < 4.78 is 0. The molecule has 1 aliphatic heterocycles. The SMILES string of the molecule is Cc1ccc(O)c(CNC(=O)C[C@H]2CC[C@H]3[C@@H]4CC[C@H]5N(C)C(=O)C=C[C@]5(C)[C@H]4CC[C@]23C)n1. The lowest BCUT2D eigenvalue weighted by Crippen LogP contribution is -2.59. The predicted octanol–water partition coefficient (Wildman–Crippen LogP) is 4.36. The number of carbonyl (C=O) groups excluding carboxylic acids is 2. The molecule has 2 heterocycles. The van der Waals surface area contributed by atoms with Crippen LogP contribution < -0.4 is 5.32 Å². The maximum absolute atomic E-state index is 12.9. The van der Waals surface area contributed by atoms with E-state index in [9.17, 15) is 14.7 Å². The second-order valence-electron chi connectivity index (χ2n) is 11.8. The molecule has 0 spiro atoms. The molecule has 2 amide bonds. The number of nitrogens with one attached hydrogen (secondary N) is 1. The minimum atomic E-state index is 0.0581. The van der Waals surface area contributed by atoms with Gasteiger partial charge in [0.15, 0.2) is 0 Å². The maximum atomic E-state index is 12.9. The Balaban J connectivity index is 1.26. The molecule has 6 nitrogen and oxygen atoms in total. The van der Waals surface area contributed by atoms with Gasteiger partial charge in [-0.05, 0) is 92.7 Å². The number of fused-ring (bicyclic) bond motifs is 5. The van der Waals surface area contributed by atoms with E-state index >= 15 is 0 Å². The summed E-state index contributed by atoms with van der Waals surface area (Å²) in [4.78, 5) is 31.5. The van der Waals surface area contributed by atoms with Gasteiger partial charge >= 0.3 is 0 Å². The third kappa shape index (κ3) is 3.64. The molecule has 1 aromatic rings. The van der Waals surface area contributed by atoms with Gasteiger partial charge in [-0.3, -0.25) is 14.6 Å². The van der Waals surface area contributed by atoms with Crippen LogP contribution in [0.25, 0.3) is 0 Å². The summed E-state index contributed by atoms with van der Waals surface area (Å²) in [6.45, 7) is 6.97. The number of aromatic hydroxyl groups is 1. The van der Waals surface area contributed by atoms with E-state index in [1.54, 1.807) is 18.2 Å². The molecule has 0 radical (unpaired) electrons. The van der Waals surface area contributed by atoms with Crippen molar-refractivity contribution in [2.45, 2.75) is 78.3 Å². The zero-order chi connectivity index (χ0) is 24.3. The van der Waals surface area contributed by atoms with Crippen molar-refractivity contribution >= 4 is 11.8 Å². The summed E-state index contributed by atoms with van der Waals surface area (Å²) in [6, 6.07) is 3.71. The van der Waals surface area contributed by atoms with Gasteiger partial charge < -0.3 is 15.3 Å². The summed E-state index contributed by atoms with van der Waals surface area (Å²) in [7, 11) is 1.97. The first-order valence-electron chi connectivity index (χ1n) is 13.0. The summed E-state index contributed by atoms with van der Waals surface area (Å²) in [5.74, 6) is 2.66. The van der Waals surface area contributed by atoms with Crippen molar-refractivity contribution < 1.29 is 14.7 Å². The van der Waals surface area contributed by atoms with Crippen LogP contribution in [0.5, 0.6) is 5.75 Å². The van der Waals surface area contributed by atoms with Gasteiger partial charge in [0.2, 0.25) is 11.8 Å². The van der Waals surface area contributed by atoms with Crippen molar-refractivity contribution in [2.24, 2.45) is 34.5 Å². The zero-order valence-electron chi connectivity index (χ0n) is 21.0. The number of hydrogen-bond donors (Lipinski definition) is 2. The van der Waals surface area contributed by atoms with Gasteiger partial charge in [-0.25, -0.2) is 0 Å². The Bertz CT molecular complexity index is 1020. The van der Waals surface area contributed by atoms with Crippen LogP contribution in [0.4, 0.5) is 0 Å². The summed E-state index contributed by atoms with van der Waals surface area (Å²) in [6.07, 6.45) is 11.5. The maximum Gasteiger partial charge on any atom is 0.246 e. The fraction of sp³-hybridized carbons (Fsp3) is 0.679. The Labute approximate surface area is 203 Å². The third-order valence-corrected chi connectivity index (χ3v) is 10.3. The van der Waals surface area contributed by atoms with Crippen molar-refractivity contribution in [2.75, 3.05) is 7.05 Å². The molecule has 7 atom stereocenters. The molecule has 4 aliphatic rings. The zero-order valence-corrected chi connectivity index (χ0v) is 21.0. The normalized spacial score (nSPS) is 38.8. The number of aryl methyl sites for hydroxylation is 1. The quantitative estimate of drug-likeness (QED) is 0.692. The van der Waals surface area contributed by atoms with E-state index in [0.29, 0.717) is 41.8 Å². The van der Waals surface area contributed by atoms with Crippen LogP contribution in [-0.2, 0) is 16.1 Å². The van der Waals surface area contributed by atoms with Gasteiger partial charge in [0.1, 0.15) is 11.4 Å². The Hall–Kier alpha value is -2.37. The van der Waals surface area contributed by atoms with Gasteiger partial charge in [-0.15, -0.1) is 0 Å². The molecule has 0 aromatic carbocycles. The first-order valence-corrected chi connectivity index (χ1v) is 13.0. The van der Waals surface area contributed by atoms with E-state index in [1.807, 2.05) is 18.9 Å². The van der Waals surface area contributed by atoms with Gasteiger partial charge in [-0.2, -0.15) is 0 Å². The van der Waals surface area contributed by atoms with Gasteiger partial charge in [0, 0.05) is 30.6 Å². The Kier molecular flexibility index (Phi) is 5.77. The second-order valence-corrected chi connectivity index (χ2v) is 11.8. The molecule has 3 saturated carbocycles. The Morgan fingerprint density at radius 3 is 2.76 bits per heavy atom. The molecule has 1 aromatic heterocycles. The van der Waals surface area contributed by atoms with Crippen LogP contribution >= 0.6 is 0 Å². The molecule has 184 valence electrons. The molecule has 0 unspecified atom stereocenters. The number of pyridine rings is 1. The van der Waals surface area contributed by atoms with E-state index in [0.717, 1.165) is 25.0 Å². The summed E-state index contributed by atoms with van der Waals surface area (Å²) in [5, 5.41) is 13.0. The van der Waals surface area contributed by atoms with Crippen LogP contribution in [-0.4, -0.2) is 39.9 Å². The molecule has 0 saturated heterocycles. The fourth-order valence-corrected chi connectivity index (χ4v) is 8.39. The largest absolute Gasteiger partial charge is 0.506 e. The molecule has 34 heavy (non-hydrogen) atoms. The smallest absolute Gasteiger partial charge is 0.246 e. The molecule has 3 aliphatic carbocycles. The number of rotatable bonds is 4. The number of amides is 2. The number of hydrogen-bond acceptors (Lipinski definition) is 4. The molecule has 6 heteroatoms. The average molecular weight is 466 g/mol. The number of carbonyl (C=O) groups is 2. The number of nitrogens with zero attached hydrogens (tertiary/aromatic N) is 2. The highest BCUT2D eigenvalue weighted by molar-refractivity contribution is 5.89. The minimum absolute atomic E-state index is 0.0581. The van der Waals surface area contributed by atoms with Crippen LogP contribution in [0, 0.1) is 41.4 Å². The molecule has 5 rings (SSSR count). The van der Waals surface area contributed by atoms with Crippen molar-refractivity contribution in [1.82, 2.24) is 15.2 Å². The average Bonchev–Trinajstić information content (AvgIpc) is 3.13. The van der Waals surface area contributed by atoms with Crippen molar-refractivity contribution in [3.8, 4) is 5.75 Å². The highest BCUT2D eigenvalue weighted by Crippen LogP contribution is 2.65. The topological polar surface area (TPSA) is 82.5 Å². The highest BCUT2D eigenvalue weighted by atomic mass is 16.3. The summed E-state index contributed by atoms with van der Waals surface area (Å²) in [5.41, 5.74) is 1.62. The van der Waals surface area contributed by atoms with E-state index < -0.39 is 0 Å². The Morgan fingerprint density at radius 1 is 1.18 bits per heavy atom. The Morgan fingerprint density at radius 2 is 1.97 bits per heavy atom. The van der Waals surface area contributed by atoms with Crippen molar-refractivity contribution in [1.29, 1.82) is 0 Å². The fourth-order valence-electron chi connectivity index (χ4n) is 8.39. The summed E-state index contributed by atoms with van der Waals surface area (Å²) >= 11 is 0. The van der Waals surface area contributed by atoms with E-state index in [2.05, 4.69) is 30.2 Å². The first kappa shape index (κ1) is 23.4. The lowest BCUT2D eigenvalue weighted by molar-refractivity contribution is -0.139. The van der Waals surface area contributed by atoms with Crippen molar-refractivity contribution in [3.05, 3.63) is 35.7 Å². The molecule has 3 fully saturated rings. The van der Waals surface area contributed by atoms with Crippen molar-refractivity contribution in [3.63, 3.8) is 0 Å². The first-order chi connectivity index (χ1) is 16.1. The molecule has 0 bridgehead atoms. The monoisotopic (exact) mass is 465 g/mol. The third-order valence-electron chi connectivity index (χ3n) is 10.3. The standard InChI is InChI=1S/C28H39N3O3/c1-17-5-9-23(32)22(30-17)16-29-25(33)15-18-6-8-20-19-7-10-24-28(3,14-12-26(34)31(24)4)21(19)11-13-27(18,20)2/h5,9,12,14,18-21,24,32H,6-8,10-11,13,15-16H2,1-4H3,(H,29,33)/t18-,19+,20+,21+,24-,27-,28-/m1/s1. The van der Waals surface area contributed by atoms with Gasteiger partial charge in [0.25, 0.3) is 0 Å². The number of likely N-dealkylation sites (N-methyl/N-ethyl adjacent to an activating group) is 1. The minimum Gasteiger partial charge on any atom is -0.506 e. The highest BCUT2D eigenvalue weighted by Gasteiger charge is 2.60. The van der Waals surface area contributed by atoms with E-state index in [1.165, 1.54) is 19.3 Å². The predicted molar refractivity (Wildman–Crippen MR) is 131 cm³/mol. The van der Waals surface area contributed by atoms with Crippen LogP contribution in [0.3, 0.4) is 0 Å². The van der Waals surface area contributed by atoms with Crippen LogP contribution in [0.2, 0.25) is 0 Å². The molecular weight excluding hydrogens is 426 g/mol. The molecule has 2 N–H and O–H groups in total. The lowest BCUT2D eigenvalue weighted by atomic mass is 9.47.